The first-order valence-electron chi connectivity index (χ1n) is 11.7. The maximum Gasteiger partial charge on any atom is 0.269 e. The molecule has 9 heteroatoms. The third-order valence-corrected chi connectivity index (χ3v) is 6.12. The molecule has 0 spiro atoms. The van der Waals surface area contributed by atoms with E-state index in [2.05, 4.69) is 4.90 Å². The van der Waals surface area contributed by atoms with Crippen LogP contribution in [-0.2, 0) is 13.2 Å². The van der Waals surface area contributed by atoms with Gasteiger partial charge in [-0.1, -0.05) is 42.5 Å². The van der Waals surface area contributed by atoms with Crippen molar-refractivity contribution >= 4 is 11.6 Å². The van der Waals surface area contributed by atoms with Gasteiger partial charge in [-0.2, -0.15) is 0 Å². The molecule has 9 nitrogen and oxygen atoms in total. The number of amides is 1. The van der Waals surface area contributed by atoms with Crippen molar-refractivity contribution in [1.29, 1.82) is 0 Å². The largest absolute Gasteiger partial charge is 0.493 e. The molecule has 1 saturated heterocycles. The van der Waals surface area contributed by atoms with Gasteiger partial charge in [-0.15, -0.1) is 0 Å². The van der Waals surface area contributed by atoms with Crippen LogP contribution < -0.4 is 14.2 Å². The summed E-state index contributed by atoms with van der Waals surface area (Å²) in [7, 11) is 3.07. The number of methoxy groups -OCH3 is 2. The van der Waals surface area contributed by atoms with Crippen LogP contribution in [0.25, 0.3) is 0 Å². The van der Waals surface area contributed by atoms with E-state index >= 15 is 0 Å². The Hall–Kier alpha value is -4.11. The number of hydrogen-bond acceptors (Lipinski definition) is 7. The molecule has 3 aromatic rings. The molecule has 36 heavy (non-hydrogen) atoms. The normalized spacial score (nSPS) is 13.8. The number of benzene rings is 3. The van der Waals surface area contributed by atoms with Crippen LogP contribution in [0.5, 0.6) is 17.2 Å². The first-order chi connectivity index (χ1) is 17.5. The fourth-order valence-corrected chi connectivity index (χ4v) is 4.19. The van der Waals surface area contributed by atoms with Gasteiger partial charge in [0.2, 0.25) is 5.75 Å². The van der Waals surface area contributed by atoms with E-state index in [0.717, 1.165) is 11.1 Å². The van der Waals surface area contributed by atoms with Crippen LogP contribution in [0.3, 0.4) is 0 Å². The zero-order chi connectivity index (χ0) is 25.5. The third-order valence-electron chi connectivity index (χ3n) is 6.12. The number of nitrogens with zero attached hydrogens (tertiary/aromatic N) is 3. The zero-order valence-corrected chi connectivity index (χ0v) is 20.4. The molecule has 0 N–H and O–H groups in total. The number of hydrogen-bond donors (Lipinski definition) is 0. The van der Waals surface area contributed by atoms with Crippen molar-refractivity contribution in [3.8, 4) is 17.2 Å². The lowest BCUT2D eigenvalue weighted by Gasteiger charge is -2.35. The summed E-state index contributed by atoms with van der Waals surface area (Å²) in [5.74, 6) is 1.19. The first-order valence-corrected chi connectivity index (χ1v) is 11.7. The van der Waals surface area contributed by atoms with Crippen molar-refractivity contribution in [3.05, 3.63) is 93.5 Å². The second-order valence-electron chi connectivity index (χ2n) is 8.48. The fourth-order valence-electron chi connectivity index (χ4n) is 4.19. The number of ether oxygens (including phenoxy) is 3. The standard InChI is InChI=1S/C27H29N3O6/c1-34-24-16-22(17-25(35-2)26(24)36-19-20-7-4-3-5-8-20)27(31)29-13-11-28(12-14-29)18-21-9-6-10-23(15-21)30(32)33/h3-10,15-17H,11-14,18-19H2,1-2H3. The van der Waals surface area contributed by atoms with Crippen molar-refractivity contribution in [2.24, 2.45) is 0 Å². The van der Waals surface area contributed by atoms with E-state index in [1.807, 2.05) is 36.4 Å². The molecule has 1 aliphatic rings. The fraction of sp³-hybridized carbons (Fsp3) is 0.296. The Balaban J connectivity index is 1.41. The molecule has 4 rings (SSSR count). The minimum absolute atomic E-state index is 0.0837. The van der Waals surface area contributed by atoms with Crippen molar-refractivity contribution in [1.82, 2.24) is 9.80 Å². The Bertz CT molecular complexity index is 1180. The Morgan fingerprint density at radius 1 is 0.889 bits per heavy atom. The quantitative estimate of drug-likeness (QED) is 0.328. The number of non-ortho nitro benzene ring substituents is 1. The highest BCUT2D eigenvalue weighted by Crippen LogP contribution is 2.39. The molecule has 188 valence electrons. The molecule has 0 unspecified atom stereocenters. The summed E-state index contributed by atoms with van der Waals surface area (Å²) in [4.78, 5) is 27.9. The summed E-state index contributed by atoms with van der Waals surface area (Å²) in [6.45, 7) is 3.36. The van der Waals surface area contributed by atoms with E-state index in [0.29, 0.717) is 62.1 Å². The molecule has 1 amide bonds. The molecule has 0 radical (unpaired) electrons. The molecule has 0 atom stereocenters. The van der Waals surface area contributed by atoms with Gasteiger partial charge in [-0.3, -0.25) is 19.8 Å². The molecule has 0 aromatic heterocycles. The van der Waals surface area contributed by atoms with E-state index in [9.17, 15) is 14.9 Å². The maximum atomic E-state index is 13.3. The zero-order valence-electron chi connectivity index (χ0n) is 20.4. The Morgan fingerprint density at radius 3 is 2.14 bits per heavy atom. The SMILES string of the molecule is COc1cc(C(=O)N2CCN(Cc3cccc([N+](=O)[O-])c3)CC2)cc(OC)c1OCc1ccccc1. The smallest absolute Gasteiger partial charge is 0.269 e. The number of carbonyl (C=O) groups is 1. The summed E-state index contributed by atoms with van der Waals surface area (Å²) in [5, 5.41) is 11.0. The Labute approximate surface area is 209 Å². The van der Waals surface area contributed by atoms with Gasteiger partial charge in [-0.05, 0) is 23.3 Å². The van der Waals surface area contributed by atoms with Crippen molar-refractivity contribution in [2.45, 2.75) is 13.2 Å². The van der Waals surface area contributed by atoms with Gasteiger partial charge in [0.05, 0.1) is 19.1 Å². The van der Waals surface area contributed by atoms with Crippen LogP contribution in [0.4, 0.5) is 5.69 Å². The second kappa shape index (κ2) is 11.5. The molecule has 1 fully saturated rings. The monoisotopic (exact) mass is 491 g/mol. The van der Waals surface area contributed by atoms with Gasteiger partial charge in [-0.25, -0.2) is 0 Å². The molecule has 1 heterocycles. The van der Waals surface area contributed by atoms with Gasteiger partial charge in [0.25, 0.3) is 11.6 Å². The average molecular weight is 492 g/mol. The van der Waals surface area contributed by atoms with Crippen LogP contribution in [0.2, 0.25) is 0 Å². The molecule has 0 aliphatic carbocycles. The Morgan fingerprint density at radius 2 is 1.53 bits per heavy atom. The van der Waals surface area contributed by atoms with Gasteiger partial charge < -0.3 is 19.1 Å². The minimum Gasteiger partial charge on any atom is -0.493 e. The molecular weight excluding hydrogens is 462 g/mol. The van der Waals surface area contributed by atoms with Gasteiger partial charge in [0.1, 0.15) is 6.61 Å². The summed E-state index contributed by atoms with van der Waals surface area (Å²) >= 11 is 0. The molecule has 3 aromatic carbocycles. The van der Waals surface area contributed by atoms with Crippen LogP contribution in [0, 0.1) is 10.1 Å². The van der Waals surface area contributed by atoms with Crippen molar-refractivity contribution in [3.63, 3.8) is 0 Å². The van der Waals surface area contributed by atoms with E-state index in [4.69, 9.17) is 14.2 Å². The van der Waals surface area contributed by atoms with Crippen LogP contribution in [0.1, 0.15) is 21.5 Å². The number of nitro benzene ring substituents is 1. The number of nitro groups is 1. The van der Waals surface area contributed by atoms with E-state index in [1.165, 1.54) is 20.3 Å². The third kappa shape index (κ3) is 5.92. The lowest BCUT2D eigenvalue weighted by atomic mass is 10.1. The van der Waals surface area contributed by atoms with Crippen LogP contribution in [-0.4, -0.2) is 61.0 Å². The molecule has 0 saturated carbocycles. The van der Waals surface area contributed by atoms with Crippen molar-refractivity contribution in [2.75, 3.05) is 40.4 Å². The van der Waals surface area contributed by atoms with Crippen molar-refractivity contribution < 1.29 is 23.9 Å². The highest BCUT2D eigenvalue weighted by Gasteiger charge is 2.25. The topological polar surface area (TPSA) is 94.4 Å². The number of carbonyl (C=O) groups excluding carboxylic acids is 1. The molecule has 0 bridgehead atoms. The summed E-state index contributed by atoms with van der Waals surface area (Å²) in [6, 6.07) is 19.8. The van der Waals surface area contributed by atoms with E-state index in [1.54, 1.807) is 29.2 Å². The highest BCUT2D eigenvalue weighted by atomic mass is 16.6. The molecule has 1 aliphatic heterocycles. The second-order valence-corrected chi connectivity index (χ2v) is 8.48. The maximum absolute atomic E-state index is 13.3. The molecular formula is C27H29N3O6. The summed E-state index contributed by atoms with van der Waals surface area (Å²) in [5.41, 5.74) is 2.43. The number of piperazine rings is 1. The van der Waals surface area contributed by atoms with E-state index < -0.39 is 0 Å². The van der Waals surface area contributed by atoms with Crippen LogP contribution in [0.15, 0.2) is 66.7 Å². The summed E-state index contributed by atoms with van der Waals surface area (Å²) < 4.78 is 17.1. The van der Waals surface area contributed by atoms with E-state index in [-0.39, 0.29) is 16.5 Å². The Kier molecular flexibility index (Phi) is 8.02. The first kappa shape index (κ1) is 25.0. The minimum atomic E-state index is -0.388. The lowest BCUT2D eigenvalue weighted by Crippen LogP contribution is -2.48. The number of rotatable bonds is 9. The van der Waals surface area contributed by atoms with Gasteiger partial charge in [0.15, 0.2) is 11.5 Å². The summed E-state index contributed by atoms with van der Waals surface area (Å²) in [6.07, 6.45) is 0. The lowest BCUT2D eigenvalue weighted by molar-refractivity contribution is -0.384. The van der Waals surface area contributed by atoms with Gasteiger partial charge in [0, 0.05) is 50.4 Å². The average Bonchev–Trinajstić information content (AvgIpc) is 2.92. The predicted molar refractivity (Wildman–Crippen MR) is 135 cm³/mol. The predicted octanol–water partition coefficient (Wildman–Crippen LogP) is 4.15. The highest BCUT2D eigenvalue weighted by molar-refractivity contribution is 5.95. The van der Waals surface area contributed by atoms with Gasteiger partial charge >= 0.3 is 0 Å². The van der Waals surface area contributed by atoms with Crippen LogP contribution >= 0.6 is 0 Å².